The summed E-state index contributed by atoms with van der Waals surface area (Å²) in [4.78, 5) is 0. The first-order chi connectivity index (χ1) is 7.33. The van der Waals surface area contributed by atoms with E-state index in [2.05, 4.69) is 12.2 Å². The molecule has 0 saturated heterocycles. The summed E-state index contributed by atoms with van der Waals surface area (Å²) in [6.07, 6.45) is 5.33. The van der Waals surface area contributed by atoms with Crippen molar-refractivity contribution in [2.24, 2.45) is 5.41 Å². The van der Waals surface area contributed by atoms with Gasteiger partial charge < -0.3 is 10.1 Å². The molecule has 0 spiro atoms. The van der Waals surface area contributed by atoms with Crippen LogP contribution in [0.3, 0.4) is 0 Å². The fourth-order valence-electron chi connectivity index (χ4n) is 1.81. The van der Waals surface area contributed by atoms with E-state index in [1.165, 1.54) is 50.3 Å². The molecule has 3 heteroatoms. The summed E-state index contributed by atoms with van der Waals surface area (Å²) < 4.78 is 5.15. The minimum Gasteiger partial charge on any atom is -0.385 e. The van der Waals surface area contributed by atoms with Gasteiger partial charge in [-0.1, -0.05) is 6.92 Å². The topological polar surface area (TPSA) is 21.3 Å². The molecule has 0 radical (unpaired) electrons. The van der Waals surface area contributed by atoms with Crippen molar-refractivity contribution in [3.05, 3.63) is 0 Å². The smallest absolute Gasteiger partial charge is 0.0468 e. The summed E-state index contributed by atoms with van der Waals surface area (Å²) in [7, 11) is 1.80. The number of methoxy groups -OCH3 is 1. The Morgan fingerprint density at radius 1 is 1.40 bits per heavy atom. The molecule has 1 rings (SSSR count). The third-order valence-electron chi connectivity index (χ3n) is 3.14. The Morgan fingerprint density at radius 3 is 2.80 bits per heavy atom. The van der Waals surface area contributed by atoms with E-state index in [-0.39, 0.29) is 0 Å². The van der Waals surface area contributed by atoms with E-state index in [9.17, 15) is 0 Å². The maximum atomic E-state index is 5.15. The quantitative estimate of drug-likeness (QED) is 0.584. The Labute approximate surface area is 98.5 Å². The first kappa shape index (κ1) is 13.3. The van der Waals surface area contributed by atoms with Gasteiger partial charge in [-0.15, -0.1) is 0 Å². The van der Waals surface area contributed by atoms with E-state index in [0.717, 1.165) is 6.61 Å². The third kappa shape index (κ3) is 5.79. The largest absolute Gasteiger partial charge is 0.385 e. The minimum atomic E-state index is 0.605. The molecular formula is C12H25NOS. The Balaban J connectivity index is 1.90. The number of rotatable bonds is 10. The summed E-state index contributed by atoms with van der Waals surface area (Å²) in [6.45, 7) is 5.53. The minimum absolute atomic E-state index is 0.605. The van der Waals surface area contributed by atoms with Crippen LogP contribution >= 0.6 is 11.8 Å². The molecule has 0 bridgehead atoms. The summed E-state index contributed by atoms with van der Waals surface area (Å²) >= 11 is 2.04. The highest BCUT2D eigenvalue weighted by Gasteiger charge is 2.41. The van der Waals surface area contributed by atoms with Crippen LogP contribution in [0.15, 0.2) is 0 Å². The molecule has 0 aliphatic heterocycles. The van der Waals surface area contributed by atoms with Crippen molar-refractivity contribution < 1.29 is 4.74 Å². The van der Waals surface area contributed by atoms with E-state index in [1.54, 1.807) is 7.11 Å². The Morgan fingerprint density at radius 2 is 2.20 bits per heavy atom. The lowest BCUT2D eigenvalue weighted by atomic mass is 10.0. The van der Waals surface area contributed by atoms with Crippen LogP contribution < -0.4 is 5.32 Å². The molecule has 1 N–H and O–H groups in total. The average molecular weight is 231 g/mol. The van der Waals surface area contributed by atoms with E-state index >= 15 is 0 Å². The number of hydrogen-bond donors (Lipinski definition) is 1. The number of thioether (sulfide) groups is 1. The number of ether oxygens (including phenoxy) is 1. The third-order valence-corrected chi connectivity index (χ3v) is 4.13. The molecule has 1 aliphatic rings. The van der Waals surface area contributed by atoms with Crippen LogP contribution in [0.2, 0.25) is 0 Å². The predicted molar refractivity (Wildman–Crippen MR) is 68.6 cm³/mol. The van der Waals surface area contributed by atoms with Gasteiger partial charge >= 0.3 is 0 Å². The predicted octanol–water partition coefficient (Wildman–Crippen LogP) is 2.54. The molecule has 2 nitrogen and oxygen atoms in total. The average Bonchev–Trinajstić information content (AvgIpc) is 3.01. The van der Waals surface area contributed by atoms with Gasteiger partial charge in [0.1, 0.15) is 0 Å². The highest BCUT2D eigenvalue weighted by molar-refractivity contribution is 7.99. The second kappa shape index (κ2) is 7.53. The zero-order valence-electron chi connectivity index (χ0n) is 10.2. The summed E-state index contributed by atoms with van der Waals surface area (Å²) in [6, 6.07) is 0. The van der Waals surface area contributed by atoms with E-state index in [4.69, 9.17) is 4.74 Å². The van der Waals surface area contributed by atoms with Crippen molar-refractivity contribution in [1.82, 2.24) is 5.32 Å². The Kier molecular flexibility index (Phi) is 6.69. The lowest BCUT2D eigenvalue weighted by Crippen LogP contribution is -2.26. The monoisotopic (exact) mass is 231 g/mol. The maximum absolute atomic E-state index is 5.15. The van der Waals surface area contributed by atoms with Crippen molar-refractivity contribution in [1.29, 1.82) is 0 Å². The van der Waals surface area contributed by atoms with Crippen LogP contribution in [0.4, 0.5) is 0 Å². The second-order valence-corrected chi connectivity index (χ2v) is 5.86. The Bertz CT molecular complexity index is 160. The second-order valence-electron chi connectivity index (χ2n) is 4.47. The Hall–Kier alpha value is 0.270. The molecule has 1 aliphatic carbocycles. The van der Waals surface area contributed by atoms with Crippen LogP contribution in [0, 0.1) is 5.41 Å². The lowest BCUT2D eigenvalue weighted by Gasteiger charge is -2.15. The fraction of sp³-hybridized carbons (Fsp3) is 1.00. The molecule has 1 fully saturated rings. The first-order valence-electron chi connectivity index (χ1n) is 6.10. The van der Waals surface area contributed by atoms with E-state index < -0.39 is 0 Å². The first-order valence-corrected chi connectivity index (χ1v) is 7.26. The van der Waals surface area contributed by atoms with Crippen LogP contribution in [0.25, 0.3) is 0 Å². The van der Waals surface area contributed by atoms with Crippen molar-refractivity contribution >= 4 is 11.8 Å². The van der Waals surface area contributed by atoms with Gasteiger partial charge in [-0.05, 0) is 49.1 Å². The van der Waals surface area contributed by atoms with E-state index in [1.807, 2.05) is 11.8 Å². The summed E-state index contributed by atoms with van der Waals surface area (Å²) in [5, 5.41) is 3.59. The normalized spacial score (nSPS) is 18.0. The van der Waals surface area contributed by atoms with Gasteiger partial charge in [0.05, 0.1) is 0 Å². The van der Waals surface area contributed by atoms with Gasteiger partial charge in [-0.25, -0.2) is 0 Å². The van der Waals surface area contributed by atoms with Crippen molar-refractivity contribution in [2.75, 3.05) is 38.3 Å². The van der Waals surface area contributed by atoms with Crippen LogP contribution in [0.5, 0.6) is 0 Å². The highest BCUT2D eigenvalue weighted by Crippen LogP contribution is 2.48. The van der Waals surface area contributed by atoms with Gasteiger partial charge in [-0.2, -0.15) is 11.8 Å². The van der Waals surface area contributed by atoms with Gasteiger partial charge in [0.25, 0.3) is 0 Å². The molecule has 0 unspecified atom stereocenters. The standard InChI is InChI=1S/C12H25NOS/c1-3-15-10-4-8-13-11-12(5-6-12)7-9-14-2/h13H,3-11H2,1-2H3. The molecule has 15 heavy (non-hydrogen) atoms. The maximum Gasteiger partial charge on any atom is 0.0468 e. The molecule has 0 aromatic carbocycles. The zero-order valence-corrected chi connectivity index (χ0v) is 11.0. The molecule has 0 heterocycles. The van der Waals surface area contributed by atoms with Gasteiger partial charge in [0.15, 0.2) is 0 Å². The molecule has 0 amide bonds. The van der Waals surface area contributed by atoms with Crippen LogP contribution in [0.1, 0.15) is 32.6 Å². The molecule has 0 atom stereocenters. The number of hydrogen-bond acceptors (Lipinski definition) is 3. The van der Waals surface area contributed by atoms with Crippen molar-refractivity contribution in [3.63, 3.8) is 0 Å². The molecule has 0 aromatic rings. The van der Waals surface area contributed by atoms with E-state index in [0.29, 0.717) is 5.41 Å². The molecular weight excluding hydrogens is 206 g/mol. The van der Waals surface area contributed by atoms with Crippen LogP contribution in [-0.4, -0.2) is 38.3 Å². The summed E-state index contributed by atoms with van der Waals surface area (Å²) in [5.41, 5.74) is 0.605. The molecule has 90 valence electrons. The van der Waals surface area contributed by atoms with Crippen LogP contribution in [-0.2, 0) is 4.74 Å². The van der Waals surface area contributed by atoms with Gasteiger partial charge in [0, 0.05) is 20.3 Å². The van der Waals surface area contributed by atoms with Gasteiger partial charge in [-0.3, -0.25) is 0 Å². The molecule has 0 aromatic heterocycles. The highest BCUT2D eigenvalue weighted by atomic mass is 32.2. The fourth-order valence-corrected chi connectivity index (χ4v) is 2.44. The van der Waals surface area contributed by atoms with Crippen molar-refractivity contribution in [3.8, 4) is 0 Å². The number of nitrogens with one attached hydrogen (secondary N) is 1. The molecule has 1 saturated carbocycles. The van der Waals surface area contributed by atoms with Gasteiger partial charge in [0.2, 0.25) is 0 Å². The zero-order chi connectivity index (χ0) is 11.0. The van der Waals surface area contributed by atoms with Crippen molar-refractivity contribution in [2.45, 2.75) is 32.6 Å². The lowest BCUT2D eigenvalue weighted by molar-refractivity contribution is 0.171. The summed E-state index contributed by atoms with van der Waals surface area (Å²) in [5.74, 6) is 2.55. The SMILES string of the molecule is CCSCCCNCC1(CCOC)CC1.